The highest BCUT2D eigenvalue weighted by Gasteiger charge is 2.34. The Hall–Kier alpha value is -2.71. The molecule has 0 spiro atoms. The summed E-state index contributed by atoms with van der Waals surface area (Å²) in [7, 11) is -3.97. The largest absolute Gasteiger partial charge is 1.00 e. The third-order valence-electron chi connectivity index (χ3n) is 3.91. The zero-order valence-corrected chi connectivity index (χ0v) is 15.9. The molecule has 26 heavy (non-hydrogen) atoms. The minimum atomic E-state index is -3.97. The maximum atomic E-state index is 13.5. The fourth-order valence-corrected chi connectivity index (χ4v) is 3.84. The monoisotopic (exact) mass is 369 g/mol. The Morgan fingerprint density at radius 2 is 0.846 bits per heavy atom. The smallest absolute Gasteiger partial charge is 0.386 e. The van der Waals surface area contributed by atoms with E-state index in [0.29, 0.717) is 17.2 Å². The van der Waals surface area contributed by atoms with E-state index in [0.717, 1.165) is 16.7 Å². The summed E-state index contributed by atoms with van der Waals surface area (Å²) in [6.07, 6.45) is 0. The molecule has 5 heteroatoms. The molecule has 3 rings (SSSR count). The number of hydrogen-bond acceptors (Lipinski definition) is 4. The van der Waals surface area contributed by atoms with Crippen molar-refractivity contribution in [1.82, 2.24) is 0 Å². The topological polar surface area (TPSA) is 44.8 Å². The van der Waals surface area contributed by atoms with Crippen molar-refractivity contribution in [1.29, 1.82) is 0 Å². The van der Waals surface area contributed by atoms with Crippen molar-refractivity contribution < 1.29 is 19.6 Å². The molecule has 0 unspecified atom stereocenters. The van der Waals surface area contributed by atoms with E-state index in [9.17, 15) is 4.57 Å². The molecule has 0 amide bonds. The summed E-state index contributed by atoms with van der Waals surface area (Å²) in [4.78, 5) is 0. The molecule has 0 atom stereocenters. The van der Waals surface area contributed by atoms with Gasteiger partial charge in [0.05, 0.1) is 0 Å². The van der Waals surface area contributed by atoms with E-state index < -0.39 is 7.82 Å². The lowest BCUT2D eigenvalue weighted by molar-refractivity contribution is 0.296. The number of aryl methyl sites for hydroxylation is 3. The molecule has 0 radical (unpaired) electrons. The van der Waals surface area contributed by atoms with Gasteiger partial charge in [-0.05, 0) is 55.7 Å². The third-order valence-corrected chi connectivity index (χ3v) is 5.17. The molecule has 3 aromatic carbocycles. The lowest BCUT2D eigenvalue weighted by atomic mass is 10.2. The van der Waals surface area contributed by atoms with Crippen molar-refractivity contribution in [3.05, 3.63) is 89.5 Å². The van der Waals surface area contributed by atoms with Gasteiger partial charge in [0.15, 0.2) is 0 Å². The van der Waals surface area contributed by atoms with Gasteiger partial charge in [0.25, 0.3) is 0 Å². The van der Waals surface area contributed by atoms with E-state index in [2.05, 4.69) is 0 Å². The van der Waals surface area contributed by atoms with Crippen LogP contribution in [0.15, 0.2) is 72.8 Å². The van der Waals surface area contributed by atoms with Gasteiger partial charge >= 0.3 is 9.25 Å². The van der Waals surface area contributed by atoms with Gasteiger partial charge in [-0.25, -0.2) is 0 Å². The molecule has 0 aliphatic heterocycles. The second-order valence-electron chi connectivity index (χ2n) is 6.02. The zero-order valence-electron chi connectivity index (χ0n) is 16.0. The Bertz CT molecular complexity index is 836. The Kier molecular flexibility index (Phi) is 5.34. The van der Waals surface area contributed by atoms with Gasteiger partial charge < -0.3 is 13.6 Å². The fraction of sp³-hybridized carbons (Fsp3) is 0.143. The number of benzene rings is 3. The fourth-order valence-electron chi connectivity index (χ4n) is 2.39. The highest BCUT2D eigenvalue weighted by atomic mass is 31.2. The molecule has 0 aliphatic rings. The average Bonchev–Trinajstić information content (AvgIpc) is 2.61. The molecule has 0 N–H and O–H groups in total. The SMILES string of the molecule is Cc1ccccc1OP(=O)(Oc1ccccc1C)Oc1ccccc1C.[H+]. The minimum Gasteiger partial charge on any atom is -0.386 e. The molecular formula is C21H22O4P+. The molecule has 0 fully saturated rings. The Morgan fingerprint density at radius 3 is 1.12 bits per heavy atom. The average molecular weight is 369 g/mol. The molecule has 4 nitrogen and oxygen atoms in total. The lowest BCUT2D eigenvalue weighted by Crippen LogP contribution is -2.09. The van der Waals surface area contributed by atoms with Crippen LogP contribution >= 0.6 is 7.82 Å². The molecular weight excluding hydrogens is 347 g/mol. The molecule has 0 heterocycles. The second-order valence-corrected chi connectivity index (χ2v) is 7.46. The van der Waals surface area contributed by atoms with Gasteiger partial charge in [-0.1, -0.05) is 54.6 Å². The molecule has 0 saturated heterocycles. The summed E-state index contributed by atoms with van der Waals surface area (Å²) >= 11 is 0. The first kappa shape index (κ1) is 18.1. The van der Waals surface area contributed by atoms with Gasteiger partial charge in [0.1, 0.15) is 17.2 Å². The predicted molar refractivity (Wildman–Crippen MR) is 104 cm³/mol. The van der Waals surface area contributed by atoms with E-state index in [1.165, 1.54) is 0 Å². The quantitative estimate of drug-likeness (QED) is 0.474. The standard InChI is InChI=1S/C21H21O4P/c1-16-10-4-7-13-19(16)23-26(22,24-20-14-8-5-11-17(20)2)25-21-15-9-6-12-18(21)3/h4-15H,1-3H3/p+1. The summed E-state index contributed by atoms with van der Waals surface area (Å²) in [6, 6.07) is 22.0. The minimum absolute atomic E-state index is 0. The number of phosphoric ester groups is 1. The molecule has 0 saturated carbocycles. The van der Waals surface area contributed by atoms with Crippen molar-refractivity contribution >= 4 is 7.82 Å². The van der Waals surface area contributed by atoms with Gasteiger partial charge in [-0.2, -0.15) is 4.57 Å². The molecule has 0 aromatic heterocycles. The van der Waals surface area contributed by atoms with E-state index in [1.807, 2.05) is 75.4 Å². The normalized spacial score (nSPS) is 11.0. The summed E-state index contributed by atoms with van der Waals surface area (Å²) in [5.41, 5.74) is 2.53. The van der Waals surface area contributed by atoms with Crippen LogP contribution in [0.4, 0.5) is 0 Å². The van der Waals surface area contributed by atoms with Crippen LogP contribution in [0, 0.1) is 20.8 Å². The highest BCUT2D eigenvalue weighted by Crippen LogP contribution is 2.51. The summed E-state index contributed by atoms with van der Waals surface area (Å²) in [5, 5.41) is 0. The van der Waals surface area contributed by atoms with Gasteiger partial charge in [-0.15, -0.1) is 0 Å². The Balaban J connectivity index is 0.00000261. The molecule has 134 valence electrons. The first-order valence-corrected chi connectivity index (χ1v) is 9.79. The maximum Gasteiger partial charge on any atom is 1.00 e. The molecule has 0 bridgehead atoms. The van der Waals surface area contributed by atoms with Crippen LogP contribution in [-0.2, 0) is 4.57 Å². The van der Waals surface area contributed by atoms with Crippen molar-refractivity contribution in [2.75, 3.05) is 0 Å². The second kappa shape index (κ2) is 7.67. The first-order valence-electron chi connectivity index (χ1n) is 8.32. The number of phosphoric acid groups is 1. The Morgan fingerprint density at radius 1 is 0.577 bits per heavy atom. The van der Waals surface area contributed by atoms with Crippen molar-refractivity contribution in [2.45, 2.75) is 20.8 Å². The summed E-state index contributed by atoms with van der Waals surface area (Å²) < 4.78 is 30.8. The van der Waals surface area contributed by atoms with E-state index in [-0.39, 0.29) is 1.43 Å². The van der Waals surface area contributed by atoms with E-state index in [4.69, 9.17) is 13.6 Å². The molecule has 3 aromatic rings. The van der Waals surface area contributed by atoms with Crippen LogP contribution in [0.25, 0.3) is 0 Å². The van der Waals surface area contributed by atoms with Crippen LogP contribution in [0.3, 0.4) is 0 Å². The Labute approximate surface area is 155 Å². The van der Waals surface area contributed by atoms with Crippen LogP contribution < -0.4 is 13.6 Å². The maximum absolute atomic E-state index is 13.5. The van der Waals surface area contributed by atoms with Crippen LogP contribution in [0.2, 0.25) is 0 Å². The van der Waals surface area contributed by atoms with Gasteiger partial charge in [0, 0.05) is 0 Å². The lowest BCUT2D eigenvalue weighted by Gasteiger charge is -2.21. The molecule has 0 aliphatic carbocycles. The number of para-hydroxylation sites is 3. The van der Waals surface area contributed by atoms with E-state index in [1.54, 1.807) is 18.2 Å². The zero-order chi connectivity index (χ0) is 18.6. The summed E-state index contributed by atoms with van der Waals surface area (Å²) in [5.74, 6) is 1.37. The van der Waals surface area contributed by atoms with Crippen molar-refractivity contribution in [2.24, 2.45) is 0 Å². The van der Waals surface area contributed by atoms with Gasteiger partial charge in [0.2, 0.25) is 0 Å². The number of rotatable bonds is 6. The summed E-state index contributed by atoms with van der Waals surface area (Å²) in [6.45, 7) is 5.63. The number of hydrogen-bond donors (Lipinski definition) is 0. The van der Waals surface area contributed by atoms with Crippen molar-refractivity contribution in [3.8, 4) is 17.2 Å². The van der Waals surface area contributed by atoms with Crippen molar-refractivity contribution in [3.63, 3.8) is 0 Å². The van der Waals surface area contributed by atoms with Crippen LogP contribution in [0.5, 0.6) is 17.2 Å². The highest BCUT2D eigenvalue weighted by molar-refractivity contribution is 7.49. The predicted octanol–water partition coefficient (Wildman–Crippen LogP) is 6.37. The van der Waals surface area contributed by atoms with Gasteiger partial charge in [-0.3, -0.25) is 0 Å². The third kappa shape index (κ3) is 4.27. The van der Waals surface area contributed by atoms with Crippen LogP contribution in [-0.4, -0.2) is 0 Å². The van der Waals surface area contributed by atoms with Crippen LogP contribution in [0.1, 0.15) is 18.1 Å². The van der Waals surface area contributed by atoms with E-state index >= 15 is 0 Å². The first-order chi connectivity index (χ1) is 12.5.